The van der Waals surface area contributed by atoms with Crippen LogP contribution in [0.2, 0.25) is 0 Å². The lowest BCUT2D eigenvalue weighted by atomic mass is 10.2. The van der Waals surface area contributed by atoms with Gasteiger partial charge in [0.25, 0.3) is 10.1 Å². The smallest absolute Gasteiger partial charge is 0.329 e. The van der Waals surface area contributed by atoms with Crippen LogP contribution in [0.15, 0.2) is 0 Å². The van der Waals surface area contributed by atoms with Gasteiger partial charge in [0.15, 0.2) is 11.2 Å². The van der Waals surface area contributed by atoms with E-state index >= 15 is 0 Å². The van der Waals surface area contributed by atoms with E-state index < -0.39 is 39.5 Å². The van der Waals surface area contributed by atoms with Gasteiger partial charge in [0, 0.05) is 6.42 Å². The van der Waals surface area contributed by atoms with Gasteiger partial charge in [0.1, 0.15) is 5.75 Å². The maximum atomic E-state index is 13.5. The highest BCUT2D eigenvalue weighted by molar-refractivity contribution is 7.85. The first-order chi connectivity index (χ1) is 6.15. The summed E-state index contributed by atoms with van der Waals surface area (Å²) < 4.78 is 46.9. The molecule has 0 bridgehead atoms. The first-order valence-electron chi connectivity index (χ1n) is 3.66. The molecule has 1 rings (SSSR count). The second-order valence-electron chi connectivity index (χ2n) is 3.33. The van der Waals surface area contributed by atoms with Crippen molar-refractivity contribution in [2.45, 2.75) is 17.6 Å². The number of hydrogen-bond donors (Lipinski definition) is 2. The van der Waals surface area contributed by atoms with Gasteiger partial charge in [-0.05, 0) is 0 Å². The lowest BCUT2D eigenvalue weighted by Crippen LogP contribution is -2.44. The summed E-state index contributed by atoms with van der Waals surface area (Å²) in [6.07, 6.45) is -0.466. The Morgan fingerprint density at radius 2 is 2.21 bits per heavy atom. The standard InChI is InChI=1S/C6H10FNO5S/c1-13-4(9)6(8)2-5(6,7)3-14(10,11)12/h2-3,8H2,1H3,(H,10,11,12)/t5-,6-/m1/s1. The number of esters is 1. The minimum atomic E-state index is -4.49. The molecule has 0 aliphatic heterocycles. The molecule has 0 unspecified atom stereocenters. The number of halogens is 1. The average Bonchev–Trinajstić information content (AvgIpc) is 2.49. The van der Waals surface area contributed by atoms with Crippen LogP contribution in [0.25, 0.3) is 0 Å². The van der Waals surface area contributed by atoms with Gasteiger partial charge in [-0.3, -0.25) is 4.55 Å². The van der Waals surface area contributed by atoms with Crippen molar-refractivity contribution in [1.82, 2.24) is 0 Å². The van der Waals surface area contributed by atoms with Crippen molar-refractivity contribution in [2.24, 2.45) is 5.73 Å². The first-order valence-corrected chi connectivity index (χ1v) is 5.27. The lowest BCUT2D eigenvalue weighted by molar-refractivity contribution is -0.144. The zero-order valence-corrected chi connectivity index (χ0v) is 8.17. The Bertz CT molecular complexity index is 368. The van der Waals surface area contributed by atoms with Crippen molar-refractivity contribution in [1.29, 1.82) is 0 Å². The normalized spacial score (nSPS) is 36.6. The van der Waals surface area contributed by atoms with Gasteiger partial charge < -0.3 is 10.5 Å². The van der Waals surface area contributed by atoms with Crippen molar-refractivity contribution in [3.63, 3.8) is 0 Å². The van der Waals surface area contributed by atoms with E-state index in [1.807, 2.05) is 0 Å². The number of nitrogens with two attached hydrogens (primary N) is 1. The summed E-state index contributed by atoms with van der Waals surface area (Å²) in [4.78, 5) is 10.9. The van der Waals surface area contributed by atoms with E-state index in [0.717, 1.165) is 7.11 Å². The summed E-state index contributed by atoms with van der Waals surface area (Å²) >= 11 is 0. The minimum Gasteiger partial charge on any atom is -0.468 e. The molecule has 0 aromatic heterocycles. The van der Waals surface area contributed by atoms with E-state index in [1.54, 1.807) is 0 Å². The molecule has 6 nitrogen and oxygen atoms in total. The Labute approximate surface area is 80.0 Å². The molecule has 1 fully saturated rings. The number of alkyl halides is 1. The van der Waals surface area contributed by atoms with Crippen molar-refractivity contribution in [3.05, 3.63) is 0 Å². The summed E-state index contributed by atoms with van der Waals surface area (Å²) in [5, 5.41) is 0. The van der Waals surface area contributed by atoms with E-state index in [4.69, 9.17) is 10.3 Å². The topological polar surface area (TPSA) is 107 Å². The number of rotatable bonds is 3. The Balaban J connectivity index is 2.81. The van der Waals surface area contributed by atoms with E-state index in [0.29, 0.717) is 0 Å². The molecule has 0 aromatic rings. The van der Waals surface area contributed by atoms with Crippen molar-refractivity contribution >= 4 is 16.1 Å². The van der Waals surface area contributed by atoms with Crippen molar-refractivity contribution in [3.8, 4) is 0 Å². The third-order valence-electron chi connectivity index (χ3n) is 2.19. The largest absolute Gasteiger partial charge is 0.468 e. The Morgan fingerprint density at radius 3 is 2.57 bits per heavy atom. The molecule has 1 saturated carbocycles. The predicted octanol–water partition coefficient (Wildman–Crippen LogP) is -1.14. The van der Waals surface area contributed by atoms with Gasteiger partial charge in [-0.25, -0.2) is 9.18 Å². The Kier molecular flexibility index (Phi) is 2.33. The number of hydrogen-bond acceptors (Lipinski definition) is 5. The Hall–Kier alpha value is -0.730. The summed E-state index contributed by atoms with van der Waals surface area (Å²) in [6, 6.07) is 0. The highest BCUT2D eigenvalue weighted by Gasteiger charge is 2.74. The van der Waals surface area contributed by atoms with E-state index in [-0.39, 0.29) is 0 Å². The van der Waals surface area contributed by atoms with E-state index in [9.17, 15) is 17.6 Å². The molecular weight excluding hydrogens is 217 g/mol. The van der Waals surface area contributed by atoms with Crippen LogP contribution in [-0.2, 0) is 19.6 Å². The molecular formula is C6H10FNO5S. The van der Waals surface area contributed by atoms with Crippen LogP contribution in [0.4, 0.5) is 4.39 Å². The predicted molar refractivity (Wildman–Crippen MR) is 43.8 cm³/mol. The van der Waals surface area contributed by atoms with Crippen LogP contribution in [0.3, 0.4) is 0 Å². The number of carbonyl (C=O) groups excluding carboxylic acids is 1. The lowest BCUT2D eigenvalue weighted by Gasteiger charge is -2.11. The number of ether oxygens (including phenoxy) is 1. The fourth-order valence-corrected chi connectivity index (χ4v) is 2.24. The number of carbonyl (C=O) groups is 1. The molecule has 0 amide bonds. The molecule has 0 radical (unpaired) electrons. The SMILES string of the molecule is COC(=O)[C@]1(N)C[C@@]1(F)CS(=O)(=O)O. The molecule has 14 heavy (non-hydrogen) atoms. The highest BCUT2D eigenvalue weighted by atomic mass is 32.2. The average molecular weight is 227 g/mol. The summed E-state index contributed by atoms with van der Waals surface area (Å²) in [7, 11) is -3.48. The highest BCUT2D eigenvalue weighted by Crippen LogP contribution is 2.50. The Morgan fingerprint density at radius 1 is 1.71 bits per heavy atom. The van der Waals surface area contributed by atoms with Crippen LogP contribution in [0, 0.1) is 0 Å². The van der Waals surface area contributed by atoms with Gasteiger partial charge in [0.2, 0.25) is 0 Å². The maximum absolute atomic E-state index is 13.5. The molecule has 0 spiro atoms. The molecule has 1 aliphatic rings. The van der Waals surface area contributed by atoms with E-state index in [2.05, 4.69) is 4.74 Å². The van der Waals surface area contributed by atoms with Crippen LogP contribution in [0.1, 0.15) is 6.42 Å². The third-order valence-corrected chi connectivity index (χ3v) is 3.02. The molecule has 0 aromatic carbocycles. The second kappa shape index (κ2) is 2.88. The fourth-order valence-electron chi connectivity index (χ4n) is 1.30. The van der Waals surface area contributed by atoms with E-state index in [1.165, 1.54) is 0 Å². The molecule has 1 aliphatic carbocycles. The molecule has 2 atom stereocenters. The first kappa shape index (κ1) is 11.3. The molecule has 0 heterocycles. The zero-order valence-electron chi connectivity index (χ0n) is 7.36. The van der Waals surface area contributed by atoms with Gasteiger partial charge in [0.05, 0.1) is 7.11 Å². The summed E-state index contributed by atoms with van der Waals surface area (Å²) in [6.45, 7) is 0. The van der Waals surface area contributed by atoms with Crippen LogP contribution in [-0.4, -0.2) is 43.0 Å². The van der Waals surface area contributed by atoms with Crippen LogP contribution >= 0.6 is 0 Å². The third kappa shape index (κ3) is 1.72. The van der Waals surface area contributed by atoms with Gasteiger partial charge in [-0.15, -0.1) is 0 Å². The molecule has 82 valence electrons. The van der Waals surface area contributed by atoms with Crippen LogP contribution < -0.4 is 5.73 Å². The van der Waals surface area contributed by atoms with Gasteiger partial charge in [-0.2, -0.15) is 8.42 Å². The van der Waals surface area contributed by atoms with Crippen molar-refractivity contribution < 1.29 is 26.9 Å². The summed E-state index contributed by atoms with van der Waals surface area (Å²) in [5.74, 6) is -2.21. The van der Waals surface area contributed by atoms with Crippen molar-refractivity contribution in [2.75, 3.05) is 12.9 Å². The fraction of sp³-hybridized carbons (Fsp3) is 0.833. The number of methoxy groups -OCH3 is 1. The molecule has 3 N–H and O–H groups in total. The van der Waals surface area contributed by atoms with Crippen LogP contribution in [0.5, 0.6) is 0 Å². The second-order valence-corrected chi connectivity index (χ2v) is 4.78. The summed E-state index contributed by atoms with van der Waals surface area (Å²) in [5.41, 5.74) is 0.891. The minimum absolute atomic E-state index is 0.466. The quantitative estimate of drug-likeness (QED) is 0.466. The molecule has 8 heteroatoms. The van der Waals surface area contributed by atoms with Gasteiger partial charge in [-0.1, -0.05) is 0 Å². The monoisotopic (exact) mass is 227 g/mol. The zero-order chi connectivity index (χ0) is 11.2. The molecule has 0 saturated heterocycles. The maximum Gasteiger partial charge on any atom is 0.329 e. The van der Waals surface area contributed by atoms with Gasteiger partial charge >= 0.3 is 5.97 Å².